The van der Waals surface area contributed by atoms with Gasteiger partial charge in [0.25, 0.3) is 0 Å². The summed E-state index contributed by atoms with van der Waals surface area (Å²) in [7, 11) is 0. The summed E-state index contributed by atoms with van der Waals surface area (Å²) in [6.45, 7) is 10.2. The standard InChI is InChI=1S/C22H17N2.C11H19NO.Ir/c1-13-7-8-14-12-24-21-15-9-10-23-18-6-4-5-17(19(15)18)22(2,3)20(21)16(14)11-13;1-9(8-10(2)13)12-11-6-4-3-5-7-11;/h4-8,10-12H,1-3H3;8,11H,3-7H2,1-2H3,(H,12,13);/q-1;;/p-1. The van der Waals surface area contributed by atoms with Crippen molar-refractivity contribution in [2.24, 2.45) is 0 Å². The van der Waals surface area contributed by atoms with Crippen molar-refractivity contribution in [3.8, 4) is 11.3 Å². The van der Waals surface area contributed by atoms with E-state index in [1.807, 2.05) is 13.1 Å². The van der Waals surface area contributed by atoms with E-state index in [0.29, 0.717) is 6.04 Å². The van der Waals surface area contributed by atoms with Gasteiger partial charge in [0.15, 0.2) is 5.78 Å². The topological polar surface area (TPSA) is 57.0 Å². The van der Waals surface area contributed by atoms with Gasteiger partial charge in [0.2, 0.25) is 0 Å². The molecule has 2 aliphatic carbocycles. The molecule has 0 aliphatic heterocycles. The molecular formula is C33H35IrN3O-2. The molecule has 6 rings (SSSR count). The summed E-state index contributed by atoms with van der Waals surface area (Å²) in [6, 6.07) is 16.8. The van der Waals surface area contributed by atoms with E-state index in [2.05, 4.69) is 73.5 Å². The van der Waals surface area contributed by atoms with Crippen molar-refractivity contribution >= 4 is 27.5 Å². The molecule has 1 radical (unpaired) electrons. The number of aryl methyl sites for hydroxylation is 1. The zero-order valence-electron chi connectivity index (χ0n) is 22.9. The SMILES string of the molecule is CC(=O)/C=C(/C)[N-]C1CCCCC1.Cc1ccc2cnc3c(c2c1)C(C)(C)c1cccc2nc[c-]c-3c12.[Ir]. The first kappa shape index (κ1) is 28.1. The summed E-state index contributed by atoms with van der Waals surface area (Å²) in [4.78, 5) is 20.1. The van der Waals surface area contributed by atoms with Gasteiger partial charge < -0.3 is 10.3 Å². The fourth-order valence-electron chi connectivity index (χ4n) is 5.97. The van der Waals surface area contributed by atoms with Crippen molar-refractivity contribution in [1.29, 1.82) is 0 Å². The van der Waals surface area contributed by atoms with Gasteiger partial charge in [-0.15, -0.1) is 6.04 Å². The van der Waals surface area contributed by atoms with Crippen LogP contribution < -0.4 is 0 Å². The molecule has 0 spiro atoms. The van der Waals surface area contributed by atoms with E-state index in [1.165, 1.54) is 65.0 Å². The first-order valence-corrected chi connectivity index (χ1v) is 13.4. The number of fused-ring (bicyclic) bond motifs is 4. The Hall–Kier alpha value is -2.88. The summed E-state index contributed by atoms with van der Waals surface area (Å²) in [6.07, 6.45) is 11.7. The van der Waals surface area contributed by atoms with Gasteiger partial charge in [-0.2, -0.15) is 17.3 Å². The van der Waals surface area contributed by atoms with Gasteiger partial charge in [0.1, 0.15) is 0 Å². The van der Waals surface area contributed by atoms with Gasteiger partial charge in [-0.3, -0.25) is 9.78 Å². The van der Waals surface area contributed by atoms with Crippen molar-refractivity contribution in [3.63, 3.8) is 0 Å². The minimum atomic E-state index is -0.126. The van der Waals surface area contributed by atoms with Crippen molar-refractivity contribution in [1.82, 2.24) is 9.97 Å². The Morgan fingerprint density at radius 3 is 2.58 bits per heavy atom. The van der Waals surface area contributed by atoms with Gasteiger partial charge in [-0.25, -0.2) is 0 Å². The summed E-state index contributed by atoms with van der Waals surface area (Å²) in [5.41, 5.74) is 7.78. The smallest absolute Gasteiger partial charge is 0.151 e. The minimum Gasteiger partial charge on any atom is -0.685 e. The molecule has 2 aromatic carbocycles. The van der Waals surface area contributed by atoms with Crippen molar-refractivity contribution in [2.75, 3.05) is 0 Å². The fraction of sp³-hybridized carbons (Fsp3) is 0.364. The fourth-order valence-corrected chi connectivity index (χ4v) is 5.97. The van der Waals surface area contributed by atoms with Crippen LogP contribution in [0, 0.1) is 13.0 Å². The number of pyridine rings is 2. The van der Waals surface area contributed by atoms with Gasteiger partial charge in [-0.1, -0.05) is 105 Å². The molecule has 0 unspecified atom stereocenters. The normalized spacial score (nSPS) is 16.2. The second-order valence-corrected chi connectivity index (χ2v) is 11.0. The Morgan fingerprint density at radius 2 is 1.84 bits per heavy atom. The maximum atomic E-state index is 10.8. The van der Waals surface area contributed by atoms with Crippen LogP contribution in [0.25, 0.3) is 38.2 Å². The zero-order chi connectivity index (χ0) is 26.2. The van der Waals surface area contributed by atoms with E-state index in [0.717, 1.165) is 22.5 Å². The molecule has 0 amide bonds. The number of rotatable bonds is 3. The largest absolute Gasteiger partial charge is 0.685 e. The van der Waals surface area contributed by atoms with Crippen LogP contribution in [-0.4, -0.2) is 21.8 Å². The van der Waals surface area contributed by atoms with Crippen molar-refractivity contribution < 1.29 is 24.9 Å². The molecule has 2 aliphatic rings. The number of hydrogen-bond donors (Lipinski definition) is 0. The second-order valence-electron chi connectivity index (χ2n) is 11.0. The molecule has 1 saturated carbocycles. The Labute approximate surface area is 239 Å². The summed E-state index contributed by atoms with van der Waals surface area (Å²) in [5.74, 6) is 0.0945. The summed E-state index contributed by atoms with van der Waals surface area (Å²) in [5, 5.41) is 8.19. The van der Waals surface area contributed by atoms with E-state index in [4.69, 9.17) is 4.98 Å². The van der Waals surface area contributed by atoms with E-state index in [9.17, 15) is 4.79 Å². The Morgan fingerprint density at radius 1 is 1.08 bits per heavy atom. The maximum absolute atomic E-state index is 10.8. The Bertz CT molecular complexity index is 1510. The van der Waals surface area contributed by atoms with Crippen LogP contribution in [0.2, 0.25) is 0 Å². The van der Waals surface area contributed by atoms with Crippen LogP contribution in [0.5, 0.6) is 0 Å². The Kier molecular flexibility index (Phi) is 8.49. The number of carbonyl (C=O) groups is 1. The molecule has 4 nitrogen and oxygen atoms in total. The van der Waals surface area contributed by atoms with Gasteiger partial charge in [0, 0.05) is 31.8 Å². The van der Waals surface area contributed by atoms with E-state index in [1.54, 1.807) is 19.2 Å². The van der Waals surface area contributed by atoms with Crippen LogP contribution >= 0.6 is 0 Å². The Balaban J connectivity index is 0.000000207. The molecule has 5 heteroatoms. The molecule has 0 bridgehead atoms. The third-order valence-electron chi connectivity index (χ3n) is 7.66. The number of benzene rings is 2. The van der Waals surface area contributed by atoms with Crippen LogP contribution in [0.1, 0.15) is 76.5 Å². The van der Waals surface area contributed by atoms with Crippen LogP contribution in [0.3, 0.4) is 0 Å². The molecule has 2 heterocycles. The molecule has 0 N–H and O–H groups in total. The summed E-state index contributed by atoms with van der Waals surface area (Å²) < 4.78 is 0. The molecule has 199 valence electrons. The molecule has 4 aromatic rings. The number of aromatic nitrogens is 2. The van der Waals surface area contributed by atoms with Gasteiger partial charge in [0.05, 0.1) is 0 Å². The van der Waals surface area contributed by atoms with Gasteiger partial charge in [-0.05, 0) is 54.1 Å². The molecule has 1 fully saturated rings. The maximum Gasteiger partial charge on any atom is 0.151 e. The number of ketones is 1. The zero-order valence-corrected chi connectivity index (χ0v) is 25.3. The number of allylic oxidation sites excluding steroid dienone is 2. The first-order valence-electron chi connectivity index (χ1n) is 13.4. The molecule has 38 heavy (non-hydrogen) atoms. The van der Waals surface area contributed by atoms with E-state index in [-0.39, 0.29) is 31.3 Å². The number of hydrogen-bond acceptors (Lipinski definition) is 3. The van der Waals surface area contributed by atoms with Crippen LogP contribution in [0.4, 0.5) is 0 Å². The molecule has 0 saturated heterocycles. The third kappa shape index (κ3) is 5.46. The van der Waals surface area contributed by atoms with Crippen molar-refractivity contribution in [3.05, 3.63) is 88.6 Å². The van der Waals surface area contributed by atoms with Crippen LogP contribution in [-0.2, 0) is 30.3 Å². The second kappa shape index (κ2) is 11.5. The third-order valence-corrected chi connectivity index (χ3v) is 7.66. The number of nitrogens with zero attached hydrogens (tertiary/aromatic N) is 3. The molecule has 0 atom stereocenters. The number of carbonyl (C=O) groups excluding carboxylic acids is 1. The van der Waals surface area contributed by atoms with E-state index >= 15 is 0 Å². The molecule has 2 aromatic heterocycles. The van der Waals surface area contributed by atoms with Gasteiger partial charge >= 0.3 is 0 Å². The van der Waals surface area contributed by atoms with Crippen LogP contribution in [0.15, 0.2) is 60.6 Å². The monoisotopic (exact) mass is 682 g/mol. The minimum absolute atomic E-state index is 0. The van der Waals surface area contributed by atoms with E-state index < -0.39 is 0 Å². The molecular weight excluding hydrogens is 647 g/mol. The summed E-state index contributed by atoms with van der Waals surface area (Å²) >= 11 is 0. The quantitative estimate of drug-likeness (QED) is 0.161. The average Bonchev–Trinajstić information content (AvgIpc) is 2.87. The van der Waals surface area contributed by atoms with Crippen molar-refractivity contribution in [2.45, 2.75) is 78.2 Å². The first-order chi connectivity index (χ1) is 17.8. The average molecular weight is 682 g/mol. The predicted molar refractivity (Wildman–Crippen MR) is 153 cm³/mol. The predicted octanol–water partition coefficient (Wildman–Crippen LogP) is 8.38.